The molecule has 1 N–H and O–H groups in total. The Hall–Kier alpha value is -0.820. The molecule has 5 nitrogen and oxygen atoms in total. The van der Waals surface area contributed by atoms with Crippen LogP contribution in [0.5, 0.6) is 5.75 Å². The summed E-state index contributed by atoms with van der Waals surface area (Å²) in [5, 5.41) is 3.64. The summed E-state index contributed by atoms with van der Waals surface area (Å²) in [4.78, 5) is 0.119. The molecule has 20 heavy (non-hydrogen) atoms. The van der Waals surface area contributed by atoms with Crippen molar-refractivity contribution in [2.45, 2.75) is 30.8 Å². The quantitative estimate of drug-likeness (QED) is 0.922. The Labute approximate surface area is 124 Å². The fraction of sp³-hybridized carbons (Fsp3) is 0.538. The zero-order valence-electron chi connectivity index (χ0n) is 11.8. The lowest BCUT2D eigenvalue weighted by atomic mass is 10.1. The topological polar surface area (TPSA) is 58.6 Å². The standard InChI is InChI=1S/C13H19ClN2O3S/c1-9-10(2)16(7-6-15-9)20(17,18)13-8-11(14)4-5-12(13)19-3/h4-5,8-10,15H,6-7H2,1-3H3. The highest BCUT2D eigenvalue weighted by Gasteiger charge is 2.36. The lowest BCUT2D eigenvalue weighted by Gasteiger charge is -2.37. The second-order valence-corrected chi connectivity index (χ2v) is 7.19. The molecule has 0 radical (unpaired) electrons. The Kier molecular flexibility index (Phi) is 4.59. The molecule has 0 bridgehead atoms. The molecular weight excluding hydrogens is 300 g/mol. The van der Waals surface area contributed by atoms with E-state index in [0.717, 1.165) is 0 Å². The third kappa shape index (κ3) is 2.79. The Morgan fingerprint density at radius 3 is 2.75 bits per heavy atom. The molecule has 0 saturated carbocycles. The normalized spacial score (nSPS) is 24.6. The van der Waals surface area contributed by atoms with E-state index < -0.39 is 10.0 Å². The fourth-order valence-corrected chi connectivity index (χ4v) is 4.47. The van der Waals surface area contributed by atoms with Gasteiger partial charge in [-0.2, -0.15) is 4.31 Å². The number of sulfonamides is 1. The molecule has 112 valence electrons. The van der Waals surface area contributed by atoms with Crippen molar-refractivity contribution in [2.24, 2.45) is 0 Å². The smallest absolute Gasteiger partial charge is 0.247 e. The molecule has 2 atom stereocenters. The molecule has 0 spiro atoms. The van der Waals surface area contributed by atoms with Gasteiger partial charge in [0, 0.05) is 30.2 Å². The van der Waals surface area contributed by atoms with Gasteiger partial charge in [-0.3, -0.25) is 0 Å². The first kappa shape index (κ1) is 15.6. The van der Waals surface area contributed by atoms with Crippen LogP contribution in [-0.2, 0) is 10.0 Å². The van der Waals surface area contributed by atoms with Crippen molar-refractivity contribution in [3.05, 3.63) is 23.2 Å². The highest BCUT2D eigenvalue weighted by Crippen LogP contribution is 2.31. The van der Waals surface area contributed by atoms with Crippen molar-refractivity contribution < 1.29 is 13.2 Å². The molecule has 2 rings (SSSR count). The number of nitrogens with one attached hydrogen (secondary N) is 1. The minimum atomic E-state index is -3.63. The third-order valence-electron chi connectivity index (χ3n) is 3.69. The highest BCUT2D eigenvalue weighted by atomic mass is 35.5. The van der Waals surface area contributed by atoms with Gasteiger partial charge in [-0.05, 0) is 32.0 Å². The van der Waals surface area contributed by atoms with Crippen LogP contribution in [-0.4, -0.2) is 45.0 Å². The zero-order valence-corrected chi connectivity index (χ0v) is 13.3. The molecule has 0 amide bonds. The van der Waals surface area contributed by atoms with Gasteiger partial charge in [0.15, 0.2) is 0 Å². The summed E-state index contributed by atoms with van der Waals surface area (Å²) in [5.41, 5.74) is 0. The van der Waals surface area contributed by atoms with Crippen LogP contribution in [0.25, 0.3) is 0 Å². The van der Waals surface area contributed by atoms with E-state index in [2.05, 4.69) is 5.32 Å². The number of halogens is 1. The van der Waals surface area contributed by atoms with E-state index in [1.54, 1.807) is 12.1 Å². The maximum atomic E-state index is 12.8. The lowest BCUT2D eigenvalue weighted by Crippen LogP contribution is -2.57. The Morgan fingerprint density at radius 2 is 2.10 bits per heavy atom. The molecular formula is C13H19ClN2O3S. The predicted molar refractivity (Wildman–Crippen MR) is 78.8 cm³/mol. The number of rotatable bonds is 3. The van der Waals surface area contributed by atoms with Crippen LogP contribution in [0.4, 0.5) is 0 Å². The molecule has 1 aromatic rings. The molecule has 7 heteroatoms. The zero-order chi connectivity index (χ0) is 14.9. The average Bonchev–Trinajstić information content (AvgIpc) is 2.41. The summed E-state index contributed by atoms with van der Waals surface area (Å²) < 4.78 is 32.3. The summed E-state index contributed by atoms with van der Waals surface area (Å²) in [7, 11) is -2.18. The highest BCUT2D eigenvalue weighted by molar-refractivity contribution is 7.89. The summed E-state index contributed by atoms with van der Waals surface area (Å²) in [5.74, 6) is 0.313. The van der Waals surface area contributed by atoms with Crippen LogP contribution in [0.1, 0.15) is 13.8 Å². The predicted octanol–water partition coefficient (Wildman–Crippen LogP) is 1.72. The Morgan fingerprint density at radius 1 is 1.40 bits per heavy atom. The molecule has 1 heterocycles. The van der Waals surface area contributed by atoms with Gasteiger partial charge >= 0.3 is 0 Å². The van der Waals surface area contributed by atoms with Gasteiger partial charge in [0.2, 0.25) is 10.0 Å². The van der Waals surface area contributed by atoms with Gasteiger partial charge in [-0.15, -0.1) is 0 Å². The summed E-state index contributed by atoms with van der Waals surface area (Å²) in [6, 6.07) is 4.60. The van der Waals surface area contributed by atoms with Gasteiger partial charge in [0.1, 0.15) is 10.6 Å². The number of methoxy groups -OCH3 is 1. The van der Waals surface area contributed by atoms with Crippen LogP contribution < -0.4 is 10.1 Å². The Bertz CT molecular complexity index is 591. The molecule has 1 aliphatic rings. The number of piperazine rings is 1. The van der Waals surface area contributed by atoms with Crippen molar-refractivity contribution in [1.82, 2.24) is 9.62 Å². The summed E-state index contributed by atoms with van der Waals surface area (Å²) >= 11 is 5.93. The van der Waals surface area contributed by atoms with E-state index in [4.69, 9.17) is 16.3 Å². The van der Waals surface area contributed by atoms with Gasteiger partial charge in [0.05, 0.1) is 7.11 Å². The summed E-state index contributed by atoms with van der Waals surface area (Å²) in [6.45, 7) is 4.93. The van der Waals surface area contributed by atoms with E-state index >= 15 is 0 Å². The van der Waals surface area contributed by atoms with E-state index in [-0.39, 0.29) is 17.0 Å². The van der Waals surface area contributed by atoms with E-state index in [1.165, 1.54) is 17.5 Å². The molecule has 1 fully saturated rings. The largest absolute Gasteiger partial charge is 0.495 e. The fourth-order valence-electron chi connectivity index (χ4n) is 2.34. The van der Waals surface area contributed by atoms with Crippen LogP contribution in [0.3, 0.4) is 0 Å². The second kappa shape index (κ2) is 5.89. The number of hydrogen-bond acceptors (Lipinski definition) is 4. The number of ether oxygens (including phenoxy) is 1. The number of hydrogen-bond donors (Lipinski definition) is 1. The summed E-state index contributed by atoms with van der Waals surface area (Å²) in [6.07, 6.45) is 0. The first-order chi connectivity index (χ1) is 9.37. The molecule has 1 aliphatic heterocycles. The SMILES string of the molecule is COc1ccc(Cl)cc1S(=O)(=O)N1CCNC(C)C1C. The lowest BCUT2D eigenvalue weighted by molar-refractivity contribution is 0.232. The van der Waals surface area contributed by atoms with Crippen molar-refractivity contribution in [3.63, 3.8) is 0 Å². The van der Waals surface area contributed by atoms with Crippen LogP contribution in [0.2, 0.25) is 5.02 Å². The second-order valence-electron chi connectivity index (χ2n) is 4.89. The van der Waals surface area contributed by atoms with Crippen LogP contribution in [0, 0.1) is 0 Å². The molecule has 1 saturated heterocycles. The van der Waals surface area contributed by atoms with Crippen molar-refractivity contribution in [3.8, 4) is 5.75 Å². The molecule has 1 aromatic carbocycles. The van der Waals surface area contributed by atoms with Gasteiger partial charge in [-0.1, -0.05) is 11.6 Å². The first-order valence-electron chi connectivity index (χ1n) is 6.46. The number of benzene rings is 1. The van der Waals surface area contributed by atoms with Gasteiger partial charge < -0.3 is 10.1 Å². The third-order valence-corrected chi connectivity index (χ3v) is 5.93. The average molecular weight is 319 g/mol. The first-order valence-corrected chi connectivity index (χ1v) is 8.28. The van der Waals surface area contributed by atoms with Crippen LogP contribution >= 0.6 is 11.6 Å². The monoisotopic (exact) mass is 318 g/mol. The van der Waals surface area contributed by atoms with Crippen molar-refractivity contribution >= 4 is 21.6 Å². The van der Waals surface area contributed by atoms with Crippen molar-refractivity contribution in [1.29, 1.82) is 0 Å². The van der Waals surface area contributed by atoms with E-state index in [1.807, 2.05) is 13.8 Å². The van der Waals surface area contributed by atoms with E-state index in [9.17, 15) is 8.42 Å². The molecule has 0 aromatic heterocycles. The van der Waals surface area contributed by atoms with Gasteiger partial charge in [-0.25, -0.2) is 8.42 Å². The molecule has 2 unspecified atom stereocenters. The minimum absolute atomic E-state index is 0.101. The Balaban J connectivity index is 2.47. The number of nitrogens with zero attached hydrogens (tertiary/aromatic N) is 1. The van der Waals surface area contributed by atoms with Gasteiger partial charge in [0.25, 0.3) is 0 Å². The molecule has 0 aliphatic carbocycles. The minimum Gasteiger partial charge on any atom is -0.495 e. The maximum absolute atomic E-state index is 12.8. The van der Waals surface area contributed by atoms with E-state index in [0.29, 0.717) is 23.9 Å². The van der Waals surface area contributed by atoms with Crippen molar-refractivity contribution in [2.75, 3.05) is 20.2 Å². The van der Waals surface area contributed by atoms with Crippen LogP contribution in [0.15, 0.2) is 23.1 Å². The maximum Gasteiger partial charge on any atom is 0.247 e.